The molecule has 40 heavy (non-hydrogen) atoms. The SMILES string of the molecule is O=C(CCC1(CCOC(=O)Oc2ccccc2)OOC(C23CC4CC(CC(C4)C2)C3)O1)NCCN1CCOCC1. The molecule has 6 aliphatic rings. The number of para-hydroxylation sites is 1. The average Bonchev–Trinajstić information content (AvgIpc) is 3.38. The van der Waals surface area contributed by atoms with Gasteiger partial charge in [-0.1, -0.05) is 18.2 Å². The van der Waals surface area contributed by atoms with Gasteiger partial charge in [0.1, 0.15) is 12.4 Å². The van der Waals surface area contributed by atoms with Crippen molar-refractivity contribution in [1.82, 2.24) is 10.2 Å². The summed E-state index contributed by atoms with van der Waals surface area (Å²) in [6.45, 7) is 4.62. The molecular formula is C30H42N2O8. The van der Waals surface area contributed by atoms with Crippen LogP contribution in [0.5, 0.6) is 5.75 Å². The van der Waals surface area contributed by atoms with Crippen molar-refractivity contribution in [2.45, 2.75) is 69.9 Å². The molecule has 4 bridgehead atoms. The normalized spacial score (nSPS) is 35.0. The second-order valence-electron chi connectivity index (χ2n) is 12.4. The zero-order valence-corrected chi connectivity index (χ0v) is 23.2. The van der Waals surface area contributed by atoms with Gasteiger partial charge >= 0.3 is 6.16 Å². The minimum atomic E-state index is -1.16. The fourth-order valence-corrected chi connectivity index (χ4v) is 7.86. The monoisotopic (exact) mass is 558 g/mol. The van der Waals surface area contributed by atoms with E-state index < -0.39 is 18.2 Å². The van der Waals surface area contributed by atoms with Crippen LogP contribution in [0, 0.1) is 23.2 Å². The average molecular weight is 559 g/mol. The van der Waals surface area contributed by atoms with Crippen LogP contribution in [0.1, 0.15) is 57.8 Å². The molecule has 1 N–H and O–H groups in total. The van der Waals surface area contributed by atoms with Gasteiger partial charge in [0.2, 0.25) is 11.7 Å². The van der Waals surface area contributed by atoms with Crippen molar-refractivity contribution < 1.29 is 38.3 Å². The quantitative estimate of drug-likeness (QED) is 0.245. The summed E-state index contributed by atoms with van der Waals surface area (Å²) >= 11 is 0. The first-order valence-corrected chi connectivity index (χ1v) is 15.0. The topological polar surface area (TPSA) is 105 Å². The largest absolute Gasteiger partial charge is 0.513 e. The van der Waals surface area contributed by atoms with E-state index in [0.717, 1.165) is 69.9 Å². The van der Waals surface area contributed by atoms with Crippen LogP contribution in [0.15, 0.2) is 30.3 Å². The van der Waals surface area contributed by atoms with E-state index in [1.165, 1.54) is 19.3 Å². The van der Waals surface area contributed by atoms with Gasteiger partial charge in [-0.15, -0.1) is 0 Å². The van der Waals surface area contributed by atoms with E-state index in [0.29, 0.717) is 18.7 Å². The molecule has 2 saturated heterocycles. The minimum Gasteiger partial charge on any atom is -0.434 e. The third-order valence-electron chi connectivity index (χ3n) is 9.43. The van der Waals surface area contributed by atoms with Crippen molar-refractivity contribution in [2.24, 2.45) is 23.2 Å². The van der Waals surface area contributed by atoms with Crippen LogP contribution < -0.4 is 10.1 Å². The smallest absolute Gasteiger partial charge is 0.434 e. The van der Waals surface area contributed by atoms with Gasteiger partial charge in [-0.05, 0) is 68.4 Å². The second kappa shape index (κ2) is 12.3. The number of ether oxygens (including phenoxy) is 4. The van der Waals surface area contributed by atoms with E-state index >= 15 is 0 Å². The van der Waals surface area contributed by atoms with Gasteiger partial charge in [0, 0.05) is 50.9 Å². The predicted octanol–water partition coefficient (Wildman–Crippen LogP) is 4.04. The Hall–Kier alpha value is -2.24. The van der Waals surface area contributed by atoms with Crippen molar-refractivity contribution >= 4 is 12.1 Å². The molecule has 1 aromatic rings. The standard InChI is InChI=1S/C30H42N2O8/c33-26(31-9-10-32-11-14-35-15-12-32)6-7-30(8-13-36-28(34)37-25-4-2-1-3-5-25)38-27(39-40-30)29-19-22-16-23(20-29)18-24(17-22)21-29/h1-5,22-24,27H,6-21H2,(H,31,33). The Morgan fingerprint density at radius 3 is 2.38 bits per heavy atom. The van der Waals surface area contributed by atoms with E-state index in [-0.39, 0.29) is 30.8 Å². The molecule has 2 aliphatic heterocycles. The predicted molar refractivity (Wildman–Crippen MR) is 143 cm³/mol. The zero-order chi connectivity index (χ0) is 27.4. The summed E-state index contributed by atoms with van der Waals surface area (Å²) in [4.78, 5) is 39.2. The lowest BCUT2D eigenvalue weighted by Gasteiger charge is -2.57. The van der Waals surface area contributed by atoms with E-state index in [2.05, 4.69) is 10.2 Å². The second-order valence-corrected chi connectivity index (χ2v) is 12.4. The van der Waals surface area contributed by atoms with Gasteiger partial charge in [0.15, 0.2) is 6.29 Å². The van der Waals surface area contributed by atoms with Crippen LogP contribution >= 0.6 is 0 Å². The minimum absolute atomic E-state index is 0.0152. The van der Waals surface area contributed by atoms with Gasteiger partial charge in [-0.3, -0.25) is 9.69 Å². The molecule has 2 atom stereocenters. The van der Waals surface area contributed by atoms with Crippen LogP contribution in [0.3, 0.4) is 0 Å². The van der Waals surface area contributed by atoms with Gasteiger partial charge in [0.25, 0.3) is 0 Å². The van der Waals surface area contributed by atoms with Crippen LogP contribution in [0.25, 0.3) is 0 Å². The van der Waals surface area contributed by atoms with Crippen molar-refractivity contribution in [3.63, 3.8) is 0 Å². The molecule has 6 fully saturated rings. The molecule has 2 unspecified atom stereocenters. The summed E-state index contributed by atoms with van der Waals surface area (Å²) in [6.07, 6.45) is 6.76. The molecule has 7 rings (SSSR count). The number of morpholine rings is 1. The van der Waals surface area contributed by atoms with Gasteiger partial charge in [0.05, 0.1) is 13.2 Å². The Balaban J connectivity index is 1.04. The van der Waals surface area contributed by atoms with Crippen LogP contribution in [-0.2, 0) is 28.8 Å². The van der Waals surface area contributed by atoms with E-state index in [1.807, 2.05) is 6.07 Å². The highest BCUT2D eigenvalue weighted by atomic mass is 17.3. The maximum atomic E-state index is 12.8. The number of carbonyl (C=O) groups is 2. The number of hydrogen-bond acceptors (Lipinski definition) is 9. The number of amides is 1. The highest BCUT2D eigenvalue weighted by Crippen LogP contribution is 2.63. The summed E-state index contributed by atoms with van der Waals surface area (Å²) in [5, 5.41) is 3.01. The summed E-state index contributed by atoms with van der Waals surface area (Å²) in [6, 6.07) is 8.79. The maximum absolute atomic E-state index is 12.8. The van der Waals surface area contributed by atoms with Crippen molar-refractivity contribution in [2.75, 3.05) is 46.0 Å². The van der Waals surface area contributed by atoms with E-state index in [9.17, 15) is 9.59 Å². The Morgan fingerprint density at radius 2 is 1.68 bits per heavy atom. The summed E-state index contributed by atoms with van der Waals surface area (Å²) < 4.78 is 22.6. The Kier molecular flexibility index (Phi) is 8.60. The lowest BCUT2D eigenvalue weighted by molar-refractivity contribution is -0.349. The fraction of sp³-hybridized carbons (Fsp3) is 0.733. The molecule has 1 amide bonds. The highest BCUT2D eigenvalue weighted by molar-refractivity contribution is 5.75. The van der Waals surface area contributed by atoms with Crippen LogP contribution in [0.4, 0.5) is 4.79 Å². The number of carbonyl (C=O) groups excluding carboxylic acids is 2. The van der Waals surface area contributed by atoms with E-state index in [1.54, 1.807) is 24.3 Å². The van der Waals surface area contributed by atoms with Gasteiger partial charge in [-0.25, -0.2) is 9.68 Å². The number of benzene rings is 1. The number of hydrogen-bond donors (Lipinski definition) is 1. The molecule has 4 saturated carbocycles. The number of nitrogens with one attached hydrogen (secondary N) is 1. The molecule has 4 aliphatic carbocycles. The fourth-order valence-electron chi connectivity index (χ4n) is 7.86. The summed E-state index contributed by atoms with van der Waals surface area (Å²) in [7, 11) is 0. The Bertz CT molecular complexity index is 981. The molecule has 220 valence electrons. The van der Waals surface area contributed by atoms with Crippen LogP contribution in [-0.4, -0.2) is 75.0 Å². The number of rotatable bonds is 11. The molecule has 1 aromatic carbocycles. The zero-order valence-electron chi connectivity index (χ0n) is 23.2. The third-order valence-corrected chi connectivity index (χ3v) is 9.43. The molecule has 2 heterocycles. The first-order valence-electron chi connectivity index (χ1n) is 15.0. The Morgan fingerprint density at radius 1 is 0.975 bits per heavy atom. The molecule has 0 aromatic heterocycles. The highest BCUT2D eigenvalue weighted by Gasteiger charge is 2.60. The molecular weight excluding hydrogens is 516 g/mol. The lowest BCUT2D eigenvalue weighted by atomic mass is 9.49. The summed E-state index contributed by atoms with van der Waals surface area (Å²) in [5.74, 6) is 1.39. The molecule has 10 heteroatoms. The third kappa shape index (κ3) is 6.62. The molecule has 0 spiro atoms. The maximum Gasteiger partial charge on any atom is 0.513 e. The van der Waals surface area contributed by atoms with Gasteiger partial charge < -0.3 is 24.3 Å². The van der Waals surface area contributed by atoms with E-state index in [4.69, 9.17) is 28.7 Å². The first kappa shape index (κ1) is 27.9. The van der Waals surface area contributed by atoms with Crippen LogP contribution in [0.2, 0.25) is 0 Å². The number of nitrogens with zero attached hydrogens (tertiary/aromatic N) is 1. The Labute approximate surface area is 235 Å². The van der Waals surface area contributed by atoms with Gasteiger partial charge in [-0.2, -0.15) is 4.89 Å². The lowest BCUT2D eigenvalue weighted by Crippen LogP contribution is -2.52. The van der Waals surface area contributed by atoms with Crippen molar-refractivity contribution in [1.29, 1.82) is 0 Å². The molecule has 0 radical (unpaired) electrons. The first-order chi connectivity index (χ1) is 19.5. The summed E-state index contributed by atoms with van der Waals surface area (Å²) in [5.41, 5.74) is -0.0377. The van der Waals surface area contributed by atoms with Crippen molar-refractivity contribution in [3.05, 3.63) is 30.3 Å². The van der Waals surface area contributed by atoms with Crippen molar-refractivity contribution in [3.8, 4) is 5.75 Å². The molecule has 10 nitrogen and oxygen atoms in total.